The lowest BCUT2D eigenvalue weighted by molar-refractivity contribution is -0.122. The van der Waals surface area contributed by atoms with E-state index in [0.29, 0.717) is 29.4 Å². The first-order valence-electron chi connectivity index (χ1n) is 10.5. The Bertz CT molecular complexity index is 922. The summed E-state index contributed by atoms with van der Waals surface area (Å²) in [5, 5.41) is 3.70. The van der Waals surface area contributed by atoms with Gasteiger partial charge in [0.1, 0.15) is 0 Å². The molecule has 2 aromatic carbocycles. The number of hydrogen-bond acceptors (Lipinski definition) is 3. The van der Waals surface area contributed by atoms with Gasteiger partial charge < -0.3 is 15.0 Å². The maximum absolute atomic E-state index is 13.7. The Morgan fingerprint density at radius 3 is 2.53 bits per heavy atom. The van der Waals surface area contributed by atoms with Crippen molar-refractivity contribution in [1.82, 2.24) is 4.90 Å². The van der Waals surface area contributed by atoms with Crippen molar-refractivity contribution in [1.29, 1.82) is 0 Å². The zero-order valence-electron chi connectivity index (χ0n) is 17.2. The molecule has 0 bridgehead atoms. The summed E-state index contributed by atoms with van der Waals surface area (Å²) < 4.78 is 5.31. The van der Waals surface area contributed by atoms with Crippen molar-refractivity contribution >= 4 is 29.1 Å². The van der Waals surface area contributed by atoms with Crippen LogP contribution in [0.3, 0.4) is 0 Å². The van der Waals surface area contributed by atoms with Crippen LogP contribution in [-0.2, 0) is 9.53 Å². The SMILES string of the molecule is COCCN1C(=O)c2ccccc2[C@H](C(=O)Nc2ccc(Cl)cc2)C12CCCCC2. The molecule has 1 aliphatic heterocycles. The summed E-state index contributed by atoms with van der Waals surface area (Å²) >= 11 is 6.00. The van der Waals surface area contributed by atoms with E-state index in [2.05, 4.69) is 5.32 Å². The Hall–Kier alpha value is -2.37. The third kappa shape index (κ3) is 3.72. The van der Waals surface area contributed by atoms with E-state index in [1.165, 1.54) is 0 Å². The van der Waals surface area contributed by atoms with Crippen LogP contribution in [0.25, 0.3) is 0 Å². The number of nitrogens with one attached hydrogen (secondary N) is 1. The Morgan fingerprint density at radius 1 is 1.13 bits per heavy atom. The van der Waals surface area contributed by atoms with Gasteiger partial charge in [-0.2, -0.15) is 0 Å². The number of amides is 2. The summed E-state index contributed by atoms with van der Waals surface area (Å²) in [6.45, 7) is 0.926. The fraction of sp³-hybridized carbons (Fsp3) is 0.417. The van der Waals surface area contributed by atoms with Crippen molar-refractivity contribution < 1.29 is 14.3 Å². The fourth-order valence-corrected chi connectivity index (χ4v) is 5.22. The Labute approximate surface area is 182 Å². The molecular formula is C24H27ClN2O3. The molecule has 2 aromatic rings. The number of methoxy groups -OCH3 is 1. The molecule has 5 nitrogen and oxygen atoms in total. The highest BCUT2D eigenvalue weighted by Gasteiger charge is 2.54. The van der Waals surface area contributed by atoms with Crippen LogP contribution in [0.4, 0.5) is 5.69 Å². The zero-order chi connectivity index (χ0) is 21.1. The van der Waals surface area contributed by atoms with E-state index < -0.39 is 11.5 Å². The van der Waals surface area contributed by atoms with Crippen LogP contribution >= 0.6 is 11.6 Å². The number of anilines is 1. The summed E-state index contributed by atoms with van der Waals surface area (Å²) in [6.07, 6.45) is 4.76. The summed E-state index contributed by atoms with van der Waals surface area (Å²) in [4.78, 5) is 29.1. The van der Waals surface area contributed by atoms with Gasteiger partial charge in [-0.3, -0.25) is 9.59 Å². The lowest BCUT2D eigenvalue weighted by atomic mass is 9.65. The molecule has 1 heterocycles. The average molecular weight is 427 g/mol. The molecule has 0 unspecified atom stereocenters. The van der Waals surface area contributed by atoms with Crippen LogP contribution < -0.4 is 5.32 Å². The first-order valence-corrected chi connectivity index (χ1v) is 10.9. The largest absolute Gasteiger partial charge is 0.383 e. The van der Waals surface area contributed by atoms with E-state index in [1.54, 1.807) is 31.4 Å². The first-order chi connectivity index (χ1) is 14.6. The van der Waals surface area contributed by atoms with Gasteiger partial charge in [0.2, 0.25) is 5.91 Å². The molecule has 1 aliphatic carbocycles. The quantitative estimate of drug-likeness (QED) is 0.742. The maximum atomic E-state index is 13.7. The van der Waals surface area contributed by atoms with Crippen LogP contribution in [0.2, 0.25) is 5.02 Å². The topological polar surface area (TPSA) is 58.6 Å². The molecule has 6 heteroatoms. The van der Waals surface area contributed by atoms with Gasteiger partial charge in [-0.05, 0) is 48.7 Å². The third-order valence-electron chi connectivity index (χ3n) is 6.43. The second-order valence-corrected chi connectivity index (χ2v) is 8.57. The second-order valence-electron chi connectivity index (χ2n) is 8.13. The van der Waals surface area contributed by atoms with E-state index in [4.69, 9.17) is 16.3 Å². The predicted molar refractivity (Wildman–Crippen MR) is 118 cm³/mol. The number of hydrogen-bond donors (Lipinski definition) is 1. The number of fused-ring (bicyclic) bond motifs is 1. The minimum Gasteiger partial charge on any atom is -0.383 e. The lowest BCUT2D eigenvalue weighted by Gasteiger charge is -2.53. The molecule has 0 saturated heterocycles. The summed E-state index contributed by atoms with van der Waals surface area (Å²) in [5.41, 5.74) is 1.61. The first kappa shape index (κ1) is 20.9. The van der Waals surface area contributed by atoms with Gasteiger partial charge in [0.25, 0.3) is 5.91 Å². The highest BCUT2D eigenvalue weighted by atomic mass is 35.5. The summed E-state index contributed by atoms with van der Waals surface area (Å²) in [7, 11) is 1.64. The van der Waals surface area contributed by atoms with Crippen molar-refractivity contribution in [3.05, 3.63) is 64.7 Å². The van der Waals surface area contributed by atoms with Crippen molar-refractivity contribution in [2.45, 2.75) is 43.6 Å². The minimum atomic E-state index is -0.529. The van der Waals surface area contributed by atoms with Gasteiger partial charge in [0, 0.05) is 29.9 Å². The number of halogens is 1. The molecule has 4 rings (SSSR count). The predicted octanol–water partition coefficient (Wildman–Crippen LogP) is 4.87. The van der Waals surface area contributed by atoms with E-state index >= 15 is 0 Å². The van der Waals surface area contributed by atoms with Crippen molar-refractivity contribution in [2.24, 2.45) is 0 Å². The molecule has 30 heavy (non-hydrogen) atoms. The molecule has 1 N–H and O–H groups in total. The summed E-state index contributed by atoms with van der Waals surface area (Å²) in [5.74, 6) is -0.513. The van der Waals surface area contributed by atoms with Gasteiger partial charge in [-0.15, -0.1) is 0 Å². The van der Waals surface area contributed by atoms with E-state index in [-0.39, 0.29) is 11.8 Å². The Morgan fingerprint density at radius 2 is 1.83 bits per heavy atom. The normalized spacial score (nSPS) is 20.1. The van der Waals surface area contributed by atoms with Crippen LogP contribution in [0, 0.1) is 0 Å². The smallest absolute Gasteiger partial charge is 0.254 e. The highest BCUT2D eigenvalue weighted by molar-refractivity contribution is 6.30. The molecule has 1 fully saturated rings. The molecule has 1 spiro atoms. The summed E-state index contributed by atoms with van der Waals surface area (Å²) in [6, 6.07) is 14.7. The molecule has 1 saturated carbocycles. The van der Waals surface area contributed by atoms with Crippen LogP contribution in [0.1, 0.15) is 53.9 Å². The standard InChI is InChI=1S/C24H27ClN2O3/c1-30-16-15-27-23(29)20-8-4-3-7-19(20)21(24(27)13-5-2-6-14-24)22(28)26-18-11-9-17(25)10-12-18/h3-4,7-12,21H,2,5-6,13-16H2,1H3,(H,26,28)/t21-/m1/s1. The monoisotopic (exact) mass is 426 g/mol. The zero-order valence-corrected chi connectivity index (χ0v) is 18.0. The van der Waals surface area contributed by atoms with Gasteiger partial charge in [0.05, 0.1) is 18.1 Å². The van der Waals surface area contributed by atoms with Crippen molar-refractivity contribution in [2.75, 3.05) is 25.6 Å². The van der Waals surface area contributed by atoms with Crippen molar-refractivity contribution in [3.8, 4) is 0 Å². The second kappa shape index (κ2) is 8.78. The number of carbonyl (C=O) groups is 2. The van der Waals surface area contributed by atoms with E-state index in [0.717, 1.165) is 37.7 Å². The van der Waals surface area contributed by atoms with Crippen LogP contribution in [-0.4, -0.2) is 42.5 Å². The number of rotatable bonds is 5. The maximum Gasteiger partial charge on any atom is 0.254 e. The van der Waals surface area contributed by atoms with Crippen LogP contribution in [0.5, 0.6) is 0 Å². The minimum absolute atomic E-state index is 0.0000860. The molecule has 2 aliphatic rings. The van der Waals surface area contributed by atoms with E-state index in [9.17, 15) is 9.59 Å². The number of nitrogens with zero attached hydrogens (tertiary/aromatic N) is 1. The fourth-order valence-electron chi connectivity index (χ4n) is 5.10. The highest BCUT2D eigenvalue weighted by Crippen LogP contribution is 2.49. The molecule has 158 valence electrons. The third-order valence-corrected chi connectivity index (χ3v) is 6.69. The van der Waals surface area contributed by atoms with Gasteiger partial charge >= 0.3 is 0 Å². The number of ether oxygens (including phenoxy) is 1. The van der Waals surface area contributed by atoms with E-state index in [1.807, 2.05) is 29.2 Å². The van der Waals surface area contributed by atoms with Gasteiger partial charge in [-0.25, -0.2) is 0 Å². The Balaban J connectivity index is 1.79. The molecule has 0 aromatic heterocycles. The average Bonchev–Trinajstić information content (AvgIpc) is 2.76. The lowest BCUT2D eigenvalue weighted by Crippen LogP contribution is -2.62. The Kier molecular flexibility index (Phi) is 6.11. The van der Waals surface area contributed by atoms with Crippen molar-refractivity contribution in [3.63, 3.8) is 0 Å². The molecule has 2 amide bonds. The molecular weight excluding hydrogens is 400 g/mol. The molecule has 0 radical (unpaired) electrons. The van der Waals surface area contributed by atoms with Gasteiger partial charge in [-0.1, -0.05) is 49.1 Å². The number of carbonyl (C=O) groups excluding carboxylic acids is 2. The molecule has 1 atom stereocenters. The van der Waals surface area contributed by atoms with Crippen LogP contribution in [0.15, 0.2) is 48.5 Å². The number of benzene rings is 2. The van der Waals surface area contributed by atoms with Gasteiger partial charge in [0.15, 0.2) is 0 Å².